The van der Waals surface area contributed by atoms with Crippen LogP contribution in [0.4, 0.5) is 0 Å². The van der Waals surface area contributed by atoms with Gasteiger partial charge in [-0.3, -0.25) is 4.79 Å². The van der Waals surface area contributed by atoms with Crippen molar-refractivity contribution in [3.8, 4) is 0 Å². The fraction of sp³-hybridized carbons (Fsp3) is 0.211. The third kappa shape index (κ3) is 3.22. The maximum Gasteiger partial charge on any atom is 0.270 e. The molecule has 0 radical (unpaired) electrons. The Hall–Kier alpha value is -2.33. The second kappa shape index (κ2) is 6.84. The molecule has 1 aromatic carbocycles. The Morgan fingerprint density at radius 2 is 2.04 bits per heavy atom. The normalized spacial score (nSPS) is 11.4. The van der Waals surface area contributed by atoms with Gasteiger partial charge in [0.15, 0.2) is 0 Å². The Balaban J connectivity index is 1.89. The largest absolute Gasteiger partial charge is 0.336 e. The number of carbonyl (C=O) groups excluding carboxylic acids is 1. The van der Waals surface area contributed by atoms with Crippen LogP contribution in [0, 0.1) is 0 Å². The van der Waals surface area contributed by atoms with Crippen LogP contribution in [0.25, 0.3) is 10.2 Å². The van der Waals surface area contributed by atoms with Crippen LogP contribution >= 0.6 is 11.3 Å². The molecule has 1 amide bonds. The number of fused-ring (bicyclic) bond motifs is 1. The molecule has 0 aliphatic rings. The molecule has 0 spiro atoms. The zero-order chi connectivity index (χ0) is 16.2. The molecule has 0 saturated heterocycles. The number of thiophene rings is 1. The molecule has 3 nitrogen and oxygen atoms in total. The fourth-order valence-electron chi connectivity index (χ4n) is 2.69. The van der Waals surface area contributed by atoms with E-state index in [4.69, 9.17) is 0 Å². The molecule has 4 heteroatoms. The van der Waals surface area contributed by atoms with Gasteiger partial charge in [0, 0.05) is 20.1 Å². The summed E-state index contributed by atoms with van der Waals surface area (Å²) >= 11 is 1.67. The van der Waals surface area contributed by atoms with Crippen molar-refractivity contribution in [1.29, 1.82) is 0 Å². The van der Waals surface area contributed by atoms with Crippen molar-refractivity contribution in [3.63, 3.8) is 0 Å². The first-order valence-electron chi connectivity index (χ1n) is 7.68. The van der Waals surface area contributed by atoms with E-state index in [-0.39, 0.29) is 5.91 Å². The molecular weight excluding hydrogens is 304 g/mol. The Morgan fingerprint density at radius 3 is 2.78 bits per heavy atom. The topological polar surface area (TPSA) is 25.2 Å². The van der Waals surface area contributed by atoms with Crippen LogP contribution < -0.4 is 0 Å². The fourth-order valence-corrected chi connectivity index (χ4v) is 3.51. The molecule has 118 valence electrons. The Kier molecular flexibility index (Phi) is 4.63. The van der Waals surface area contributed by atoms with E-state index in [0.717, 1.165) is 28.0 Å². The monoisotopic (exact) mass is 324 g/mol. The number of aromatic nitrogens is 1. The Labute approximate surface area is 140 Å². The van der Waals surface area contributed by atoms with Gasteiger partial charge >= 0.3 is 0 Å². The number of amides is 1. The molecule has 0 aliphatic carbocycles. The van der Waals surface area contributed by atoms with E-state index in [0.29, 0.717) is 6.54 Å². The summed E-state index contributed by atoms with van der Waals surface area (Å²) in [6.07, 6.45) is 4.09. The summed E-state index contributed by atoms with van der Waals surface area (Å²) in [5, 5.41) is 2.07. The smallest absolute Gasteiger partial charge is 0.270 e. The average Bonchev–Trinajstić information content (AvgIpc) is 3.14. The molecule has 0 fully saturated rings. The van der Waals surface area contributed by atoms with Crippen LogP contribution in [0.2, 0.25) is 0 Å². The summed E-state index contributed by atoms with van der Waals surface area (Å²) in [7, 11) is 1.86. The van der Waals surface area contributed by atoms with Gasteiger partial charge in [0.2, 0.25) is 0 Å². The van der Waals surface area contributed by atoms with Gasteiger partial charge in [-0.15, -0.1) is 11.3 Å². The minimum atomic E-state index is 0.0572. The van der Waals surface area contributed by atoms with Crippen LogP contribution in [0.5, 0.6) is 0 Å². The van der Waals surface area contributed by atoms with Crippen LogP contribution in [0.15, 0.2) is 60.0 Å². The maximum absolute atomic E-state index is 12.9. The summed E-state index contributed by atoms with van der Waals surface area (Å²) < 4.78 is 3.25. The van der Waals surface area contributed by atoms with Crippen LogP contribution in [-0.4, -0.2) is 22.4 Å². The zero-order valence-electron chi connectivity index (χ0n) is 13.4. The predicted octanol–water partition coefficient (Wildman–Crippen LogP) is 4.55. The Morgan fingerprint density at radius 1 is 1.26 bits per heavy atom. The molecular formula is C19H20N2OS. The molecule has 0 bridgehead atoms. The highest BCUT2D eigenvalue weighted by atomic mass is 32.1. The quantitative estimate of drug-likeness (QED) is 0.632. The minimum Gasteiger partial charge on any atom is -0.336 e. The highest BCUT2D eigenvalue weighted by Crippen LogP contribution is 2.26. The second-order valence-electron chi connectivity index (χ2n) is 5.53. The van der Waals surface area contributed by atoms with Crippen LogP contribution in [0.3, 0.4) is 0 Å². The second-order valence-corrected chi connectivity index (χ2v) is 6.47. The van der Waals surface area contributed by atoms with E-state index < -0.39 is 0 Å². The van der Waals surface area contributed by atoms with Gasteiger partial charge in [-0.05, 0) is 30.0 Å². The van der Waals surface area contributed by atoms with Gasteiger partial charge in [-0.1, -0.05) is 42.5 Å². The van der Waals surface area contributed by atoms with Crippen LogP contribution in [-0.2, 0) is 13.1 Å². The molecule has 0 unspecified atom stereocenters. The van der Waals surface area contributed by atoms with E-state index in [9.17, 15) is 4.79 Å². The summed E-state index contributed by atoms with van der Waals surface area (Å²) in [5.41, 5.74) is 3.02. The molecule has 2 aromatic heterocycles. The number of carbonyl (C=O) groups is 1. The molecule has 3 aromatic rings. The third-order valence-corrected chi connectivity index (χ3v) is 4.73. The van der Waals surface area contributed by atoms with Crippen molar-refractivity contribution in [2.75, 3.05) is 7.05 Å². The number of hydrogen-bond donors (Lipinski definition) is 0. The summed E-state index contributed by atoms with van der Waals surface area (Å²) in [5.74, 6) is 0.0572. The van der Waals surface area contributed by atoms with Gasteiger partial charge in [0.05, 0.1) is 10.2 Å². The number of nitrogens with zero attached hydrogens (tertiary/aromatic N) is 2. The number of allylic oxidation sites excluding steroid dienone is 2. The SMILES string of the molecule is CC=CCn1c(C(=O)N(C)Cc2ccccc2)cc2sccc21. The molecule has 0 saturated carbocycles. The van der Waals surface area contributed by atoms with Crippen molar-refractivity contribution in [2.45, 2.75) is 20.0 Å². The van der Waals surface area contributed by atoms with E-state index in [1.54, 1.807) is 16.2 Å². The number of benzene rings is 1. The van der Waals surface area contributed by atoms with Gasteiger partial charge in [0.1, 0.15) is 5.69 Å². The lowest BCUT2D eigenvalue weighted by Gasteiger charge is -2.18. The first-order valence-corrected chi connectivity index (χ1v) is 8.56. The predicted molar refractivity (Wildman–Crippen MR) is 96.9 cm³/mol. The summed E-state index contributed by atoms with van der Waals surface area (Å²) in [6.45, 7) is 3.33. The van der Waals surface area contributed by atoms with Crippen molar-refractivity contribution < 1.29 is 4.79 Å². The number of rotatable bonds is 5. The first kappa shape index (κ1) is 15.6. The van der Waals surface area contributed by atoms with E-state index in [2.05, 4.69) is 22.1 Å². The summed E-state index contributed by atoms with van der Waals surface area (Å²) in [6, 6.07) is 14.2. The molecule has 2 heterocycles. The highest BCUT2D eigenvalue weighted by Gasteiger charge is 2.19. The standard InChI is InChI=1S/C19H20N2OS/c1-3-4-11-21-16-10-12-23-18(16)13-17(21)19(22)20(2)14-15-8-6-5-7-9-15/h3-10,12-13H,11,14H2,1-2H3. The minimum absolute atomic E-state index is 0.0572. The van der Waals surface area contributed by atoms with Gasteiger partial charge in [0.25, 0.3) is 5.91 Å². The molecule has 0 atom stereocenters. The third-order valence-electron chi connectivity index (χ3n) is 3.87. The molecule has 0 N–H and O–H groups in total. The van der Waals surface area contributed by atoms with Crippen molar-refractivity contribution >= 4 is 27.5 Å². The zero-order valence-corrected chi connectivity index (χ0v) is 14.2. The van der Waals surface area contributed by atoms with Crippen molar-refractivity contribution in [2.24, 2.45) is 0 Å². The molecule has 0 aliphatic heterocycles. The van der Waals surface area contributed by atoms with Gasteiger partial charge in [-0.2, -0.15) is 0 Å². The van der Waals surface area contributed by atoms with E-state index in [1.807, 2.05) is 56.4 Å². The molecule has 23 heavy (non-hydrogen) atoms. The van der Waals surface area contributed by atoms with Gasteiger partial charge in [-0.25, -0.2) is 0 Å². The Bertz CT molecular complexity index is 830. The summed E-state index contributed by atoms with van der Waals surface area (Å²) in [4.78, 5) is 14.7. The molecule has 3 rings (SSSR count). The lowest BCUT2D eigenvalue weighted by Crippen LogP contribution is -2.28. The highest BCUT2D eigenvalue weighted by molar-refractivity contribution is 7.17. The first-order chi connectivity index (χ1) is 11.2. The lowest BCUT2D eigenvalue weighted by atomic mass is 10.2. The van der Waals surface area contributed by atoms with Crippen LogP contribution in [0.1, 0.15) is 23.0 Å². The van der Waals surface area contributed by atoms with Crippen molar-refractivity contribution in [3.05, 3.63) is 71.3 Å². The lowest BCUT2D eigenvalue weighted by molar-refractivity contribution is 0.0775. The van der Waals surface area contributed by atoms with E-state index >= 15 is 0 Å². The average molecular weight is 324 g/mol. The van der Waals surface area contributed by atoms with Gasteiger partial charge < -0.3 is 9.47 Å². The van der Waals surface area contributed by atoms with E-state index in [1.165, 1.54) is 0 Å². The number of hydrogen-bond acceptors (Lipinski definition) is 2. The van der Waals surface area contributed by atoms with Crippen molar-refractivity contribution in [1.82, 2.24) is 9.47 Å². The maximum atomic E-state index is 12.9.